The molecule has 0 unspecified atom stereocenters. The normalized spacial score (nSPS) is 15.7. The second kappa shape index (κ2) is 6.84. The predicted molar refractivity (Wildman–Crippen MR) is 104 cm³/mol. The maximum Gasteiger partial charge on any atom is 0.270 e. The van der Waals surface area contributed by atoms with Crippen molar-refractivity contribution < 1.29 is 9.21 Å². The van der Waals surface area contributed by atoms with Gasteiger partial charge in [-0.3, -0.25) is 4.79 Å². The van der Waals surface area contributed by atoms with E-state index in [1.165, 1.54) is 0 Å². The first-order valence-corrected chi connectivity index (χ1v) is 9.53. The number of carbonyl (C=O) groups is 1. The van der Waals surface area contributed by atoms with Gasteiger partial charge in [-0.2, -0.15) is 0 Å². The monoisotopic (exact) mass is 370 g/mol. The van der Waals surface area contributed by atoms with Crippen LogP contribution in [-0.2, 0) is 6.54 Å². The van der Waals surface area contributed by atoms with E-state index in [2.05, 4.69) is 6.92 Å². The highest BCUT2D eigenvalue weighted by Gasteiger charge is 2.26. The predicted octanol–water partition coefficient (Wildman–Crippen LogP) is 5.12. The second-order valence-electron chi connectivity index (χ2n) is 7.29. The second-order valence-corrected chi connectivity index (χ2v) is 7.70. The van der Waals surface area contributed by atoms with Crippen molar-refractivity contribution in [1.82, 2.24) is 9.47 Å². The number of aromatic nitrogens is 1. The first-order valence-electron chi connectivity index (χ1n) is 9.15. The summed E-state index contributed by atoms with van der Waals surface area (Å²) >= 11 is 6.36. The van der Waals surface area contributed by atoms with Crippen LogP contribution in [0.4, 0.5) is 0 Å². The molecule has 5 heteroatoms. The SMILES string of the molecule is Cc1cc2c(cc(C(=O)N3CCC(C)CC3)n2Cc2ccccc2Cl)o1. The van der Waals surface area contributed by atoms with E-state index in [9.17, 15) is 4.79 Å². The summed E-state index contributed by atoms with van der Waals surface area (Å²) in [5, 5.41) is 0.708. The van der Waals surface area contributed by atoms with Crippen molar-refractivity contribution in [3.05, 3.63) is 58.4 Å². The Morgan fingerprint density at radius 2 is 1.96 bits per heavy atom. The number of likely N-dealkylation sites (tertiary alicyclic amines) is 1. The summed E-state index contributed by atoms with van der Waals surface area (Å²) in [6.45, 7) is 6.36. The van der Waals surface area contributed by atoms with Crippen molar-refractivity contribution in [3.8, 4) is 0 Å². The van der Waals surface area contributed by atoms with E-state index in [4.69, 9.17) is 16.0 Å². The van der Waals surface area contributed by atoms with E-state index in [-0.39, 0.29) is 5.91 Å². The van der Waals surface area contributed by atoms with Gasteiger partial charge in [0.1, 0.15) is 11.5 Å². The van der Waals surface area contributed by atoms with E-state index in [0.717, 1.165) is 48.4 Å². The summed E-state index contributed by atoms with van der Waals surface area (Å²) in [4.78, 5) is 15.1. The van der Waals surface area contributed by atoms with Gasteiger partial charge in [-0.1, -0.05) is 36.7 Å². The molecule has 4 rings (SSSR count). The van der Waals surface area contributed by atoms with Crippen LogP contribution >= 0.6 is 11.6 Å². The summed E-state index contributed by atoms with van der Waals surface area (Å²) in [5.41, 5.74) is 3.36. The first kappa shape index (κ1) is 17.2. The molecular weight excluding hydrogens is 348 g/mol. The quantitative estimate of drug-likeness (QED) is 0.642. The Bertz CT molecular complexity index is 948. The standard InChI is InChI=1S/C21H23ClN2O2/c1-14-7-9-23(10-8-14)21(25)19-12-20-18(11-15(2)26-20)24(19)13-16-5-3-4-6-17(16)22/h3-6,11-12,14H,7-10,13H2,1-2H3. The molecule has 0 atom stereocenters. The molecule has 0 N–H and O–H groups in total. The van der Waals surface area contributed by atoms with Crippen LogP contribution < -0.4 is 0 Å². The molecule has 2 aromatic heterocycles. The fraction of sp³-hybridized carbons (Fsp3) is 0.381. The zero-order chi connectivity index (χ0) is 18.3. The number of halogens is 1. The van der Waals surface area contributed by atoms with Crippen LogP contribution in [0.25, 0.3) is 11.1 Å². The third-order valence-corrected chi connectivity index (χ3v) is 5.66. The number of rotatable bonds is 3. The van der Waals surface area contributed by atoms with Gasteiger partial charge in [0.25, 0.3) is 5.91 Å². The van der Waals surface area contributed by atoms with E-state index >= 15 is 0 Å². The van der Waals surface area contributed by atoms with E-state index in [1.807, 2.05) is 52.8 Å². The maximum atomic E-state index is 13.2. The van der Waals surface area contributed by atoms with Gasteiger partial charge < -0.3 is 13.9 Å². The summed E-state index contributed by atoms with van der Waals surface area (Å²) in [6.07, 6.45) is 2.12. The minimum absolute atomic E-state index is 0.0769. The van der Waals surface area contributed by atoms with Crippen LogP contribution in [0.5, 0.6) is 0 Å². The van der Waals surface area contributed by atoms with Gasteiger partial charge in [0, 0.05) is 36.8 Å². The minimum atomic E-state index is 0.0769. The molecular formula is C21H23ClN2O2. The molecule has 4 nitrogen and oxygen atoms in total. The van der Waals surface area contributed by atoms with E-state index in [0.29, 0.717) is 23.2 Å². The van der Waals surface area contributed by atoms with Gasteiger partial charge >= 0.3 is 0 Å². The molecule has 1 aliphatic heterocycles. The highest BCUT2D eigenvalue weighted by atomic mass is 35.5. The summed E-state index contributed by atoms with van der Waals surface area (Å²) in [6, 6.07) is 11.6. The lowest BCUT2D eigenvalue weighted by atomic mass is 9.99. The molecule has 1 aromatic carbocycles. The molecule has 0 aliphatic carbocycles. The Balaban J connectivity index is 1.73. The van der Waals surface area contributed by atoms with Gasteiger partial charge in [-0.05, 0) is 37.3 Å². The summed E-state index contributed by atoms with van der Waals surface area (Å²) < 4.78 is 7.82. The number of nitrogens with zero attached hydrogens (tertiary/aromatic N) is 2. The number of piperidine rings is 1. The summed E-state index contributed by atoms with van der Waals surface area (Å²) in [5.74, 6) is 1.61. The number of amides is 1. The van der Waals surface area contributed by atoms with Gasteiger partial charge in [0.2, 0.25) is 0 Å². The third kappa shape index (κ3) is 3.14. The Morgan fingerprint density at radius 3 is 2.69 bits per heavy atom. The van der Waals surface area contributed by atoms with Crippen LogP contribution in [0, 0.1) is 12.8 Å². The van der Waals surface area contributed by atoms with Crippen molar-refractivity contribution in [3.63, 3.8) is 0 Å². The molecule has 1 amide bonds. The Hall–Kier alpha value is -2.20. The van der Waals surface area contributed by atoms with E-state index in [1.54, 1.807) is 0 Å². The molecule has 1 fully saturated rings. The number of furan rings is 1. The zero-order valence-electron chi connectivity index (χ0n) is 15.2. The van der Waals surface area contributed by atoms with Crippen LogP contribution in [0.1, 0.15) is 41.6 Å². The lowest BCUT2D eigenvalue weighted by molar-refractivity contribution is 0.0687. The number of carbonyl (C=O) groups excluding carboxylic acids is 1. The topological polar surface area (TPSA) is 38.4 Å². The van der Waals surface area contributed by atoms with Gasteiger partial charge in [-0.25, -0.2) is 0 Å². The maximum absolute atomic E-state index is 13.2. The number of fused-ring (bicyclic) bond motifs is 1. The molecule has 0 bridgehead atoms. The molecule has 1 saturated heterocycles. The Kier molecular flexibility index (Phi) is 4.53. The van der Waals surface area contributed by atoms with Crippen LogP contribution in [0.2, 0.25) is 5.02 Å². The smallest absolute Gasteiger partial charge is 0.270 e. The lowest BCUT2D eigenvalue weighted by Crippen LogP contribution is -2.38. The molecule has 1 aliphatic rings. The molecule has 0 radical (unpaired) electrons. The lowest BCUT2D eigenvalue weighted by Gasteiger charge is -2.30. The Morgan fingerprint density at radius 1 is 1.23 bits per heavy atom. The van der Waals surface area contributed by atoms with Crippen molar-refractivity contribution in [2.45, 2.75) is 33.2 Å². The average Bonchev–Trinajstić information content (AvgIpc) is 3.14. The molecule has 0 spiro atoms. The molecule has 26 heavy (non-hydrogen) atoms. The highest BCUT2D eigenvalue weighted by Crippen LogP contribution is 2.28. The van der Waals surface area contributed by atoms with Crippen molar-refractivity contribution >= 4 is 28.6 Å². The van der Waals surface area contributed by atoms with Crippen molar-refractivity contribution in [2.24, 2.45) is 5.92 Å². The van der Waals surface area contributed by atoms with Crippen molar-refractivity contribution in [1.29, 1.82) is 0 Å². The highest BCUT2D eigenvalue weighted by molar-refractivity contribution is 6.31. The number of aryl methyl sites for hydroxylation is 1. The fourth-order valence-corrected chi connectivity index (χ4v) is 3.88. The van der Waals surface area contributed by atoms with Crippen LogP contribution in [-0.4, -0.2) is 28.5 Å². The van der Waals surface area contributed by atoms with Crippen LogP contribution in [0.15, 0.2) is 40.8 Å². The van der Waals surface area contributed by atoms with Gasteiger partial charge in [0.15, 0.2) is 5.58 Å². The average molecular weight is 371 g/mol. The number of hydrogen-bond donors (Lipinski definition) is 0. The first-order chi connectivity index (χ1) is 12.5. The van der Waals surface area contributed by atoms with E-state index < -0.39 is 0 Å². The Labute approximate surface area is 158 Å². The largest absolute Gasteiger partial charge is 0.460 e. The third-order valence-electron chi connectivity index (χ3n) is 5.29. The zero-order valence-corrected chi connectivity index (χ0v) is 15.9. The fourth-order valence-electron chi connectivity index (χ4n) is 3.68. The van der Waals surface area contributed by atoms with Gasteiger partial charge in [0.05, 0.1) is 5.52 Å². The number of benzene rings is 1. The molecule has 0 saturated carbocycles. The molecule has 136 valence electrons. The number of hydrogen-bond acceptors (Lipinski definition) is 2. The minimum Gasteiger partial charge on any atom is -0.460 e. The van der Waals surface area contributed by atoms with Gasteiger partial charge in [-0.15, -0.1) is 0 Å². The molecule has 3 heterocycles. The van der Waals surface area contributed by atoms with Crippen LogP contribution in [0.3, 0.4) is 0 Å². The molecule has 3 aromatic rings. The van der Waals surface area contributed by atoms with Crippen molar-refractivity contribution in [2.75, 3.05) is 13.1 Å². The summed E-state index contributed by atoms with van der Waals surface area (Å²) in [7, 11) is 0.